The van der Waals surface area contributed by atoms with Gasteiger partial charge in [0.25, 0.3) is 0 Å². The predicted octanol–water partition coefficient (Wildman–Crippen LogP) is 4.48. The van der Waals surface area contributed by atoms with E-state index in [1.165, 1.54) is 4.31 Å². The Hall–Kier alpha value is -2.13. The van der Waals surface area contributed by atoms with Gasteiger partial charge in [-0.05, 0) is 30.3 Å². The fourth-order valence-electron chi connectivity index (χ4n) is 3.36. The van der Waals surface area contributed by atoms with Gasteiger partial charge in [-0.1, -0.05) is 43.1 Å². The Balaban J connectivity index is 1.78. The first-order valence-electron chi connectivity index (χ1n) is 9.88. The van der Waals surface area contributed by atoms with Crippen LogP contribution in [0.5, 0.6) is 0 Å². The molecule has 0 radical (unpaired) electrons. The van der Waals surface area contributed by atoms with Gasteiger partial charge < -0.3 is 9.88 Å². The summed E-state index contributed by atoms with van der Waals surface area (Å²) in [7, 11) is -1.73. The Labute approximate surface area is 192 Å². The highest BCUT2D eigenvalue weighted by Crippen LogP contribution is 2.29. The summed E-state index contributed by atoms with van der Waals surface area (Å²) in [5.41, 5.74) is 1.83. The van der Waals surface area contributed by atoms with E-state index in [0.717, 1.165) is 5.52 Å². The number of rotatable bonds is 8. The minimum Gasteiger partial charge on any atom is -0.331 e. The topological polar surface area (TPSA) is 84.3 Å². The average Bonchev–Trinajstić information content (AvgIpc) is 3.05. The third-order valence-corrected chi connectivity index (χ3v) is 7.95. The number of aryl methyl sites for hydroxylation is 2. The van der Waals surface area contributed by atoms with Crippen molar-refractivity contribution in [3.63, 3.8) is 0 Å². The molecule has 3 aromatic rings. The fraction of sp³-hybridized carbons (Fsp3) is 0.333. The number of anilines is 1. The zero-order chi connectivity index (χ0) is 22.8. The van der Waals surface area contributed by atoms with Crippen molar-refractivity contribution in [2.45, 2.75) is 31.6 Å². The van der Waals surface area contributed by atoms with Gasteiger partial charge in [-0.3, -0.25) is 4.79 Å². The molecule has 0 aliphatic rings. The van der Waals surface area contributed by atoms with Gasteiger partial charge in [0.05, 0.1) is 31.7 Å². The Morgan fingerprint density at radius 1 is 1.16 bits per heavy atom. The summed E-state index contributed by atoms with van der Waals surface area (Å²) in [5, 5.41) is 3.41. The zero-order valence-electron chi connectivity index (χ0n) is 17.5. The molecule has 0 atom stereocenters. The summed E-state index contributed by atoms with van der Waals surface area (Å²) in [6, 6.07) is 9.95. The van der Waals surface area contributed by atoms with Gasteiger partial charge in [0.15, 0.2) is 0 Å². The number of halogens is 2. The first-order valence-corrected chi connectivity index (χ1v) is 12.1. The molecule has 0 unspecified atom stereocenters. The number of nitrogens with one attached hydrogen (secondary N) is 1. The maximum atomic E-state index is 12.8. The molecule has 1 N–H and O–H groups in total. The number of sulfonamides is 1. The van der Waals surface area contributed by atoms with Gasteiger partial charge in [0.2, 0.25) is 15.9 Å². The van der Waals surface area contributed by atoms with E-state index in [1.807, 2.05) is 11.6 Å². The van der Waals surface area contributed by atoms with E-state index in [0.29, 0.717) is 46.6 Å². The van der Waals surface area contributed by atoms with Crippen molar-refractivity contribution >= 4 is 55.9 Å². The highest BCUT2D eigenvalue weighted by atomic mass is 35.5. The Kier molecular flexibility index (Phi) is 7.26. The SMILES string of the molecule is CCN(CC)S(=O)(=O)c1ccc2c(c1)nc(CCC(=O)Nc1cccc(Cl)c1Cl)n2C. The lowest BCUT2D eigenvalue weighted by Crippen LogP contribution is -2.30. The Morgan fingerprint density at radius 3 is 2.55 bits per heavy atom. The van der Waals surface area contributed by atoms with Crippen LogP contribution in [0.25, 0.3) is 11.0 Å². The van der Waals surface area contributed by atoms with E-state index in [1.54, 1.807) is 50.2 Å². The third kappa shape index (κ3) is 4.87. The molecular formula is C21H24Cl2N4O3S. The molecule has 0 bridgehead atoms. The molecule has 10 heteroatoms. The number of hydrogen-bond donors (Lipinski definition) is 1. The highest BCUT2D eigenvalue weighted by Gasteiger charge is 2.23. The molecule has 3 rings (SSSR count). The molecule has 0 saturated heterocycles. The van der Waals surface area contributed by atoms with Crippen molar-refractivity contribution < 1.29 is 13.2 Å². The monoisotopic (exact) mass is 482 g/mol. The first-order chi connectivity index (χ1) is 14.7. The molecule has 166 valence electrons. The van der Waals surface area contributed by atoms with Crippen molar-refractivity contribution in [2.75, 3.05) is 18.4 Å². The lowest BCUT2D eigenvalue weighted by atomic mass is 10.2. The van der Waals surface area contributed by atoms with Gasteiger partial charge in [0.1, 0.15) is 5.82 Å². The molecule has 0 spiro atoms. The van der Waals surface area contributed by atoms with E-state index in [9.17, 15) is 13.2 Å². The van der Waals surface area contributed by atoms with E-state index in [2.05, 4.69) is 10.3 Å². The molecule has 0 fully saturated rings. The first kappa shape index (κ1) is 23.5. The number of amides is 1. The summed E-state index contributed by atoms with van der Waals surface area (Å²) in [4.78, 5) is 17.1. The maximum Gasteiger partial charge on any atom is 0.243 e. The zero-order valence-corrected chi connectivity index (χ0v) is 19.9. The number of imidazole rings is 1. The van der Waals surface area contributed by atoms with Crippen LogP contribution < -0.4 is 5.32 Å². The van der Waals surface area contributed by atoms with Crippen molar-refractivity contribution in [2.24, 2.45) is 7.05 Å². The Bertz CT molecular complexity index is 1220. The lowest BCUT2D eigenvalue weighted by Gasteiger charge is -2.18. The third-order valence-electron chi connectivity index (χ3n) is 5.09. The second-order valence-electron chi connectivity index (χ2n) is 6.98. The predicted molar refractivity (Wildman–Crippen MR) is 124 cm³/mol. The molecule has 0 saturated carbocycles. The molecule has 0 aliphatic heterocycles. The molecule has 1 aromatic heterocycles. The summed E-state index contributed by atoms with van der Waals surface area (Å²) in [6.07, 6.45) is 0.567. The number of carbonyl (C=O) groups excluding carboxylic acids is 1. The molecule has 2 aromatic carbocycles. The van der Waals surface area contributed by atoms with E-state index >= 15 is 0 Å². The summed E-state index contributed by atoms with van der Waals surface area (Å²) < 4.78 is 28.8. The minimum absolute atomic E-state index is 0.185. The molecule has 0 aliphatic carbocycles. The molecule has 1 amide bonds. The van der Waals surface area contributed by atoms with Crippen molar-refractivity contribution in [1.29, 1.82) is 0 Å². The van der Waals surface area contributed by atoms with E-state index < -0.39 is 10.0 Å². The van der Waals surface area contributed by atoms with Gasteiger partial charge in [0, 0.05) is 33.0 Å². The second-order valence-corrected chi connectivity index (χ2v) is 9.70. The average molecular weight is 483 g/mol. The van der Waals surface area contributed by atoms with Crippen LogP contribution >= 0.6 is 23.2 Å². The normalized spacial score (nSPS) is 11.9. The van der Waals surface area contributed by atoms with Crippen LogP contribution in [0.1, 0.15) is 26.1 Å². The van der Waals surface area contributed by atoms with Crippen LogP contribution in [0.2, 0.25) is 10.0 Å². The molecular weight excluding hydrogens is 459 g/mol. The standard InChI is InChI=1S/C21H24Cl2N4O3S/c1-4-27(5-2)31(29,30)14-9-10-18-17(13-14)24-19(26(18)3)11-12-20(28)25-16-8-6-7-15(22)21(16)23/h6-10,13H,4-5,11-12H2,1-3H3,(H,25,28). The summed E-state index contributed by atoms with van der Waals surface area (Å²) in [6.45, 7) is 4.41. The number of carbonyl (C=O) groups is 1. The number of nitrogens with zero attached hydrogens (tertiary/aromatic N) is 3. The Morgan fingerprint density at radius 2 is 1.87 bits per heavy atom. The van der Waals surface area contributed by atoms with Crippen LogP contribution in [0.15, 0.2) is 41.3 Å². The van der Waals surface area contributed by atoms with Gasteiger partial charge >= 0.3 is 0 Å². The van der Waals surface area contributed by atoms with Gasteiger partial charge in [-0.15, -0.1) is 0 Å². The number of benzene rings is 2. The number of hydrogen-bond acceptors (Lipinski definition) is 4. The van der Waals surface area contributed by atoms with Gasteiger partial charge in [-0.2, -0.15) is 4.31 Å². The van der Waals surface area contributed by atoms with Crippen molar-refractivity contribution in [3.8, 4) is 0 Å². The fourth-order valence-corrected chi connectivity index (χ4v) is 5.19. The van der Waals surface area contributed by atoms with E-state index in [4.69, 9.17) is 23.2 Å². The van der Waals surface area contributed by atoms with Crippen LogP contribution in [0.3, 0.4) is 0 Å². The van der Waals surface area contributed by atoms with Crippen molar-refractivity contribution in [3.05, 3.63) is 52.3 Å². The van der Waals surface area contributed by atoms with Crippen LogP contribution in [0, 0.1) is 0 Å². The number of aromatic nitrogens is 2. The highest BCUT2D eigenvalue weighted by molar-refractivity contribution is 7.89. The quantitative estimate of drug-likeness (QED) is 0.512. The molecule has 1 heterocycles. The largest absolute Gasteiger partial charge is 0.331 e. The summed E-state index contributed by atoms with van der Waals surface area (Å²) in [5.74, 6) is 0.459. The van der Waals surface area contributed by atoms with Gasteiger partial charge in [-0.25, -0.2) is 13.4 Å². The summed E-state index contributed by atoms with van der Waals surface area (Å²) >= 11 is 12.1. The number of fused-ring (bicyclic) bond motifs is 1. The lowest BCUT2D eigenvalue weighted by molar-refractivity contribution is -0.116. The van der Waals surface area contributed by atoms with E-state index in [-0.39, 0.29) is 17.2 Å². The van der Waals surface area contributed by atoms with Crippen LogP contribution in [-0.2, 0) is 28.3 Å². The smallest absolute Gasteiger partial charge is 0.243 e. The maximum absolute atomic E-state index is 12.8. The minimum atomic E-state index is -3.57. The van der Waals surface area contributed by atoms with Crippen LogP contribution in [-0.4, -0.2) is 41.3 Å². The van der Waals surface area contributed by atoms with Crippen molar-refractivity contribution in [1.82, 2.24) is 13.9 Å². The molecule has 7 nitrogen and oxygen atoms in total. The molecule has 31 heavy (non-hydrogen) atoms. The second kappa shape index (κ2) is 9.56. The van der Waals surface area contributed by atoms with Crippen LogP contribution in [0.4, 0.5) is 5.69 Å².